The molecule has 8 heteroatoms. The van der Waals surface area contributed by atoms with Crippen molar-refractivity contribution in [3.63, 3.8) is 0 Å². The van der Waals surface area contributed by atoms with Crippen molar-refractivity contribution in [2.24, 2.45) is 0 Å². The van der Waals surface area contributed by atoms with Gasteiger partial charge in [-0.3, -0.25) is 9.59 Å². The van der Waals surface area contributed by atoms with Crippen LogP contribution in [0.15, 0.2) is 42.5 Å². The molecule has 0 saturated heterocycles. The summed E-state index contributed by atoms with van der Waals surface area (Å²) in [5.74, 6) is -0.980. The highest BCUT2D eigenvalue weighted by Crippen LogP contribution is 2.28. The molecule has 2 atom stereocenters. The Hall–Kier alpha value is -3.39. The molecule has 2 unspecified atom stereocenters. The zero-order valence-electron chi connectivity index (χ0n) is 21.6. The number of hydrogen-bond donors (Lipinski definition) is 3. The van der Waals surface area contributed by atoms with Crippen molar-refractivity contribution in [1.29, 1.82) is 0 Å². The molecule has 190 valence electrons. The van der Waals surface area contributed by atoms with Crippen LogP contribution in [0.2, 0.25) is 0 Å². The highest BCUT2D eigenvalue weighted by molar-refractivity contribution is 6.00. The van der Waals surface area contributed by atoms with Gasteiger partial charge in [-0.15, -0.1) is 0 Å². The Bertz CT molecular complexity index is 1040. The summed E-state index contributed by atoms with van der Waals surface area (Å²) in [5.41, 5.74) is 3.20. The molecule has 2 rings (SSSR count). The number of para-hydroxylation sites is 1. The van der Waals surface area contributed by atoms with Gasteiger partial charge >= 0.3 is 6.09 Å². The van der Waals surface area contributed by atoms with Crippen LogP contribution < -0.4 is 10.6 Å². The summed E-state index contributed by atoms with van der Waals surface area (Å²) >= 11 is 0. The topological polar surface area (TPSA) is 108 Å². The van der Waals surface area contributed by atoms with E-state index in [0.29, 0.717) is 11.3 Å². The van der Waals surface area contributed by atoms with E-state index in [4.69, 9.17) is 4.74 Å². The molecule has 2 aromatic carbocycles. The van der Waals surface area contributed by atoms with Crippen molar-refractivity contribution < 1.29 is 24.2 Å². The number of hydrogen-bond acceptors (Lipinski definition) is 5. The van der Waals surface area contributed by atoms with Crippen molar-refractivity contribution in [2.75, 3.05) is 18.5 Å². The predicted octanol–water partition coefficient (Wildman–Crippen LogP) is 4.03. The molecule has 0 aliphatic rings. The Morgan fingerprint density at radius 1 is 0.971 bits per heavy atom. The Morgan fingerprint density at radius 2 is 1.54 bits per heavy atom. The molecular formula is C27H37N3O5. The number of aliphatic hydroxyl groups is 1. The quantitative estimate of drug-likeness (QED) is 0.526. The van der Waals surface area contributed by atoms with Crippen LogP contribution in [0.5, 0.6) is 0 Å². The maximum Gasteiger partial charge on any atom is 0.408 e. The molecule has 0 aromatic heterocycles. The Balaban J connectivity index is 2.45. The summed E-state index contributed by atoms with van der Waals surface area (Å²) in [5, 5.41) is 15.4. The average molecular weight is 484 g/mol. The number of nitrogens with one attached hydrogen (secondary N) is 2. The van der Waals surface area contributed by atoms with Crippen LogP contribution in [-0.2, 0) is 14.3 Å². The first-order valence-electron chi connectivity index (χ1n) is 11.7. The SMILES string of the molecule is CCN(C(=O)C(CO)NC(=O)OC(C)(C)C)C(C(=O)Nc1c(C)cccc1C)c1ccccc1C. The summed E-state index contributed by atoms with van der Waals surface area (Å²) in [6.07, 6.45) is -0.826. The van der Waals surface area contributed by atoms with E-state index >= 15 is 0 Å². The lowest BCUT2D eigenvalue weighted by molar-refractivity contribution is -0.141. The first-order chi connectivity index (χ1) is 16.4. The number of carbonyl (C=O) groups is 3. The molecule has 3 amide bonds. The monoisotopic (exact) mass is 483 g/mol. The first-order valence-corrected chi connectivity index (χ1v) is 11.7. The normalized spacial score (nSPS) is 12.9. The van der Waals surface area contributed by atoms with Gasteiger partial charge in [0.2, 0.25) is 5.91 Å². The number of alkyl carbamates (subject to hydrolysis) is 1. The van der Waals surface area contributed by atoms with E-state index < -0.39 is 36.3 Å². The minimum absolute atomic E-state index is 0.171. The van der Waals surface area contributed by atoms with Gasteiger partial charge < -0.3 is 25.4 Å². The summed E-state index contributed by atoms with van der Waals surface area (Å²) in [7, 11) is 0. The molecule has 2 aromatic rings. The Kier molecular flexibility index (Phi) is 9.42. The van der Waals surface area contributed by atoms with Crippen molar-refractivity contribution in [3.05, 3.63) is 64.7 Å². The third-order valence-electron chi connectivity index (χ3n) is 5.57. The van der Waals surface area contributed by atoms with E-state index in [-0.39, 0.29) is 12.5 Å². The molecule has 0 heterocycles. The van der Waals surface area contributed by atoms with Gasteiger partial charge in [0, 0.05) is 12.2 Å². The third-order valence-corrected chi connectivity index (χ3v) is 5.57. The number of likely N-dealkylation sites (N-methyl/N-ethyl adjacent to an activating group) is 1. The van der Waals surface area contributed by atoms with E-state index in [1.165, 1.54) is 4.90 Å². The lowest BCUT2D eigenvalue weighted by atomic mass is 9.97. The van der Waals surface area contributed by atoms with Crippen molar-refractivity contribution in [3.8, 4) is 0 Å². The van der Waals surface area contributed by atoms with Gasteiger partial charge in [-0.25, -0.2) is 4.79 Å². The van der Waals surface area contributed by atoms with E-state index in [2.05, 4.69) is 10.6 Å². The lowest BCUT2D eigenvalue weighted by Crippen LogP contribution is -2.53. The molecule has 3 N–H and O–H groups in total. The van der Waals surface area contributed by atoms with Gasteiger partial charge in [0.05, 0.1) is 6.61 Å². The smallest absolute Gasteiger partial charge is 0.408 e. The molecule has 0 aliphatic heterocycles. The minimum atomic E-state index is -1.27. The van der Waals surface area contributed by atoms with Crippen LogP contribution >= 0.6 is 0 Å². The van der Waals surface area contributed by atoms with Gasteiger partial charge in [-0.2, -0.15) is 0 Å². The fourth-order valence-electron chi connectivity index (χ4n) is 3.85. The zero-order chi connectivity index (χ0) is 26.3. The second-order valence-electron chi connectivity index (χ2n) is 9.52. The number of aryl methyl sites for hydroxylation is 3. The van der Waals surface area contributed by atoms with Gasteiger partial charge in [-0.05, 0) is 70.7 Å². The summed E-state index contributed by atoms with van der Waals surface area (Å²) in [6, 6.07) is 10.8. The largest absolute Gasteiger partial charge is 0.444 e. The molecule has 0 spiro atoms. The van der Waals surface area contributed by atoms with E-state index in [0.717, 1.165) is 16.7 Å². The van der Waals surface area contributed by atoms with Crippen molar-refractivity contribution in [2.45, 2.75) is 66.2 Å². The average Bonchev–Trinajstić information content (AvgIpc) is 2.77. The standard InChI is InChI=1S/C27H37N3O5/c1-8-30(25(33)21(16-31)28-26(34)35-27(5,6)7)23(20-15-10-9-12-17(20)2)24(32)29-22-18(3)13-11-14-19(22)4/h9-15,21,23,31H,8,16H2,1-7H3,(H,28,34)(H,29,32). The number of rotatable bonds is 8. The fourth-order valence-corrected chi connectivity index (χ4v) is 3.85. The van der Waals surface area contributed by atoms with Gasteiger partial charge in [0.15, 0.2) is 0 Å². The van der Waals surface area contributed by atoms with Crippen LogP contribution in [-0.4, -0.2) is 52.7 Å². The van der Waals surface area contributed by atoms with Gasteiger partial charge in [0.1, 0.15) is 17.7 Å². The molecule has 0 fully saturated rings. The van der Waals surface area contributed by atoms with Crippen LogP contribution in [0.1, 0.15) is 56.0 Å². The maximum atomic E-state index is 13.7. The first kappa shape index (κ1) is 27.9. The Morgan fingerprint density at radius 3 is 2.06 bits per heavy atom. The maximum absolute atomic E-state index is 13.7. The number of benzene rings is 2. The second-order valence-corrected chi connectivity index (χ2v) is 9.52. The number of aliphatic hydroxyl groups excluding tert-OH is 1. The predicted molar refractivity (Wildman–Crippen MR) is 136 cm³/mol. The summed E-state index contributed by atoms with van der Waals surface area (Å²) < 4.78 is 5.24. The van der Waals surface area contributed by atoms with E-state index in [9.17, 15) is 19.5 Å². The summed E-state index contributed by atoms with van der Waals surface area (Å²) in [6.45, 7) is 12.1. The molecule has 0 aliphatic carbocycles. The third kappa shape index (κ3) is 7.29. The van der Waals surface area contributed by atoms with E-state index in [1.807, 2.05) is 57.2 Å². The van der Waals surface area contributed by atoms with Gasteiger partial charge in [-0.1, -0.05) is 42.5 Å². The molecule has 0 radical (unpaired) electrons. The highest BCUT2D eigenvalue weighted by atomic mass is 16.6. The number of carbonyl (C=O) groups excluding carboxylic acids is 3. The molecular weight excluding hydrogens is 446 g/mol. The van der Waals surface area contributed by atoms with Crippen LogP contribution in [0.4, 0.5) is 10.5 Å². The minimum Gasteiger partial charge on any atom is -0.444 e. The summed E-state index contributed by atoms with van der Waals surface area (Å²) in [4.78, 5) is 40.9. The zero-order valence-corrected chi connectivity index (χ0v) is 21.6. The molecule has 0 saturated carbocycles. The lowest BCUT2D eigenvalue weighted by Gasteiger charge is -2.34. The van der Waals surface area contributed by atoms with E-state index in [1.54, 1.807) is 33.8 Å². The van der Waals surface area contributed by atoms with Crippen molar-refractivity contribution in [1.82, 2.24) is 10.2 Å². The second kappa shape index (κ2) is 11.8. The highest BCUT2D eigenvalue weighted by Gasteiger charge is 2.36. The molecule has 0 bridgehead atoms. The molecule has 35 heavy (non-hydrogen) atoms. The fraction of sp³-hybridized carbons (Fsp3) is 0.444. The number of ether oxygens (including phenoxy) is 1. The number of nitrogens with zero attached hydrogens (tertiary/aromatic N) is 1. The number of anilines is 1. The van der Waals surface area contributed by atoms with Crippen LogP contribution in [0.3, 0.4) is 0 Å². The number of amides is 3. The molecule has 8 nitrogen and oxygen atoms in total. The van der Waals surface area contributed by atoms with Gasteiger partial charge in [0.25, 0.3) is 5.91 Å². The van der Waals surface area contributed by atoms with Crippen molar-refractivity contribution >= 4 is 23.6 Å². The van der Waals surface area contributed by atoms with Crippen LogP contribution in [0, 0.1) is 20.8 Å². The Labute approximate surface area is 207 Å². The van der Waals surface area contributed by atoms with Crippen LogP contribution in [0.25, 0.3) is 0 Å².